The molecule has 2 rings (SSSR count). The van der Waals surface area contributed by atoms with Crippen molar-refractivity contribution in [3.05, 3.63) is 23.7 Å². The minimum Gasteiger partial charge on any atom is -0.468 e. The van der Waals surface area contributed by atoms with Gasteiger partial charge in [-0.3, -0.25) is 4.90 Å². The summed E-state index contributed by atoms with van der Waals surface area (Å²) in [7, 11) is 0. The van der Waals surface area contributed by atoms with Crippen LogP contribution < -0.4 is 5.32 Å². The lowest BCUT2D eigenvalue weighted by Gasteiger charge is -2.21. The van der Waals surface area contributed by atoms with E-state index in [1.165, 1.54) is 25.1 Å². The molecule has 0 radical (unpaired) electrons. The zero-order valence-corrected chi connectivity index (χ0v) is 13.0. The Balaban J connectivity index is 1.93. The molecule has 2 heterocycles. The van der Waals surface area contributed by atoms with E-state index in [0.29, 0.717) is 5.41 Å². The molecule has 0 bridgehead atoms. The molecule has 3 heteroatoms. The van der Waals surface area contributed by atoms with Gasteiger partial charge in [0.25, 0.3) is 0 Å². The Morgan fingerprint density at radius 1 is 1.37 bits per heavy atom. The van der Waals surface area contributed by atoms with Gasteiger partial charge >= 0.3 is 0 Å². The first kappa shape index (κ1) is 14.6. The molecule has 0 unspecified atom stereocenters. The van der Waals surface area contributed by atoms with Gasteiger partial charge in [0, 0.05) is 24.2 Å². The molecular formula is C16H28N2O. The Morgan fingerprint density at radius 2 is 2.11 bits per heavy atom. The van der Waals surface area contributed by atoms with Crippen molar-refractivity contribution in [2.24, 2.45) is 5.41 Å². The van der Waals surface area contributed by atoms with Gasteiger partial charge in [0.05, 0.1) is 12.8 Å². The topological polar surface area (TPSA) is 28.4 Å². The minimum absolute atomic E-state index is 0.143. The molecule has 1 aliphatic rings. The van der Waals surface area contributed by atoms with E-state index in [1.807, 2.05) is 6.26 Å². The zero-order valence-electron chi connectivity index (χ0n) is 13.0. The van der Waals surface area contributed by atoms with Crippen LogP contribution in [-0.4, -0.2) is 23.5 Å². The monoisotopic (exact) mass is 264 g/mol. The van der Waals surface area contributed by atoms with Crippen LogP contribution in [0.15, 0.2) is 16.7 Å². The summed E-state index contributed by atoms with van der Waals surface area (Å²) >= 11 is 0. The van der Waals surface area contributed by atoms with Gasteiger partial charge in [0.1, 0.15) is 5.76 Å². The number of nitrogens with zero attached hydrogens (tertiary/aromatic N) is 1. The summed E-state index contributed by atoms with van der Waals surface area (Å²) in [5.74, 6) is 1.12. The highest BCUT2D eigenvalue weighted by atomic mass is 16.3. The molecule has 0 atom stereocenters. The lowest BCUT2D eigenvalue weighted by molar-refractivity contribution is 0.261. The van der Waals surface area contributed by atoms with E-state index in [0.717, 1.165) is 18.8 Å². The molecule has 1 fully saturated rings. The molecule has 0 amide bonds. The first-order valence-corrected chi connectivity index (χ1v) is 7.28. The highest BCUT2D eigenvalue weighted by molar-refractivity contribution is 5.17. The maximum absolute atomic E-state index is 5.68. The Labute approximate surface area is 117 Å². The average Bonchev–Trinajstić information content (AvgIpc) is 2.82. The van der Waals surface area contributed by atoms with E-state index < -0.39 is 0 Å². The van der Waals surface area contributed by atoms with Crippen molar-refractivity contribution in [1.29, 1.82) is 0 Å². The van der Waals surface area contributed by atoms with Crippen molar-refractivity contribution in [3.8, 4) is 0 Å². The number of likely N-dealkylation sites (tertiary alicyclic amines) is 1. The molecule has 3 nitrogen and oxygen atoms in total. The fourth-order valence-electron chi connectivity index (χ4n) is 2.59. The molecule has 19 heavy (non-hydrogen) atoms. The molecular weight excluding hydrogens is 236 g/mol. The molecule has 1 aromatic rings. The van der Waals surface area contributed by atoms with Crippen LogP contribution in [0.25, 0.3) is 0 Å². The molecule has 0 spiro atoms. The molecule has 1 aromatic heterocycles. The second kappa shape index (κ2) is 5.29. The number of furan rings is 1. The van der Waals surface area contributed by atoms with E-state index in [4.69, 9.17) is 4.42 Å². The fraction of sp³-hybridized carbons (Fsp3) is 0.750. The van der Waals surface area contributed by atoms with E-state index in [9.17, 15) is 0 Å². The van der Waals surface area contributed by atoms with Gasteiger partial charge in [-0.1, -0.05) is 13.8 Å². The third kappa shape index (κ3) is 4.36. The first-order valence-electron chi connectivity index (χ1n) is 7.28. The summed E-state index contributed by atoms with van der Waals surface area (Å²) < 4.78 is 5.68. The lowest BCUT2D eigenvalue weighted by Crippen LogP contribution is -2.35. The standard InChI is InChI=1S/C16H28N2O/c1-15(2,3)17-10-13-6-9-19-14(13)11-18-8-7-16(4,5)12-18/h6,9,17H,7-8,10-12H2,1-5H3. The largest absolute Gasteiger partial charge is 0.468 e. The van der Waals surface area contributed by atoms with E-state index >= 15 is 0 Å². The highest BCUT2D eigenvalue weighted by Crippen LogP contribution is 2.30. The Hall–Kier alpha value is -0.800. The average molecular weight is 264 g/mol. The summed E-state index contributed by atoms with van der Waals surface area (Å²) in [5, 5.41) is 3.53. The first-order chi connectivity index (χ1) is 8.75. The van der Waals surface area contributed by atoms with Gasteiger partial charge in [-0.2, -0.15) is 0 Å². The summed E-state index contributed by atoms with van der Waals surface area (Å²) in [5.41, 5.74) is 1.89. The van der Waals surface area contributed by atoms with Crippen LogP contribution in [0.2, 0.25) is 0 Å². The maximum atomic E-state index is 5.68. The summed E-state index contributed by atoms with van der Waals surface area (Å²) in [4.78, 5) is 2.50. The smallest absolute Gasteiger partial charge is 0.122 e. The van der Waals surface area contributed by atoms with Gasteiger partial charge in [0.15, 0.2) is 0 Å². The van der Waals surface area contributed by atoms with E-state index in [-0.39, 0.29) is 5.54 Å². The van der Waals surface area contributed by atoms with Gasteiger partial charge in [0.2, 0.25) is 0 Å². The third-order valence-corrected chi connectivity index (χ3v) is 3.77. The number of hydrogen-bond acceptors (Lipinski definition) is 3. The predicted molar refractivity (Wildman–Crippen MR) is 79.0 cm³/mol. The highest BCUT2D eigenvalue weighted by Gasteiger charge is 2.29. The number of hydrogen-bond donors (Lipinski definition) is 1. The normalized spacial score (nSPS) is 20.1. The van der Waals surface area contributed by atoms with Crippen LogP contribution >= 0.6 is 0 Å². The molecule has 0 aromatic carbocycles. The van der Waals surface area contributed by atoms with Crippen LogP contribution in [0.1, 0.15) is 52.4 Å². The third-order valence-electron chi connectivity index (χ3n) is 3.77. The van der Waals surface area contributed by atoms with Crippen molar-refractivity contribution < 1.29 is 4.42 Å². The number of nitrogens with one attached hydrogen (secondary N) is 1. The second-order valence-corrected chi connectivity index (χ2v) is 7.60. The molecule has 1 aliphatic heterocycles. The molecule has 0 aliphatic carbocycles. The van der Waals surface area contributed by atoms with Crippen molar-refractivity contribution in [2.75, 3.05) is 13.1 Å². The minimum atomic E-state index is 0.143. The molecule has 0 saturated carbocycles. The molecule has 1 saturated heterocycles. The van der Waals surface area contributed by atoms with Gasteiger partial charge in [-0.25, -0.2) is 0 Å². The van der Waals surface area contributed by atoms with Crippen LogP contribution in [0.3, 0.4) is 0 Å². The quantitative estimate of drug-likeness (QED) is 0.903. The van der Waals surface area contributed by atoms with E-state index in [1.54, 1.807) is 0 Å². The lowest BCUT2D eigenvalue weighted by atomic mass is 9.93. The van der Waals surface area contributed by atoms with Crippen molar-refractivity contribution in [2.45, 2.75) is 59.7 Å². The van der Waals surface area contributed by atoms with Gasteiger partial charge in [-0.05, 0) is 45.2 Å². The Kier molecular flexibility index (Phi) is 4.07. The second-order valence-electron chi connectivity index (χ2n) is 7.60. The number of rotatable bonds is 4. The zero-order chi connectivity index (χ0) is 14.1. The summed E-state index contributed by atoms with van der Waals surface area (Å²) in [6, 6.07) is 2.09. The van der Waals surface area contributed by atoms with Gasteiger partial charge < -0.3 is 9.73 Å². The van der Waals surface area contributed by atoms with E-state index in [2.05, 4.69) is 50.9 Å². The molecule has 108 valence electrons. The Bertz CT molecular complexity index is 415. The fourth-order valence-corrected chi connectivity index (χ4v) is 2.59. The SMILES string of the molecule is CC1(C)CCN(Cc2occc2CNC(C)(C)C)C1. The van der Waals surface area contributed by atoms with Crippen molar-refractivity contribution >= 4 is 0 Å². The maximum Gasteiger partial charge on any atom is 0.122 e. The van der Waals surface area contributed by atoms with Crippen LogP contribution in [-0.2, 0) is 13.1 Å². The predicted octanol–water partition coefficient (Wildman–Crippen LogP) is 3.40. The van der Waals surface area contributed by atoms with Crippen LogP contribution in [0.5, 0.6) is 0 Å². The van der Waals surface area contributed by atoms with Crippen molar-refractivity contribution in [1.82, 2.24) is 10.2 Å². The summed E-state index contributed by atoms with van der Waals surface area (Å²) in [6.45, 7) is 15.4. The van der Waals surface area contributed by atoms with Crippen LogP contribution in [0.4, 0.5) is 0 Å². The van der Waals surface area contributed by atoms with Crippen LogP contribution in [0, 0.1) is 5.41 Å². The Morgan fingerprint density at radius 3 is 2.68 bits per heavy atom. The molecule has 1 N–H and O–H groups in total. The van der Waals surface area contributed by atoms with Gasteiger partial charge in [-0.15, -0.1) is 0 Å². The summed E-state index contributed by atoms with van der Waals surface area (Å²) in [6.07, 6.45) is 3.10. The van der Waals surface area contributed by atoms with Crippen molar-refractivity contribution in [3.63, 3.8) is 0 Å².